The third kappa shape index (κ3) is 6.29. The Morgan fingerprint density at radius 1 is 1.25 bits per heavy atom. The van der Waals surface area contributed by atoms with Crippen molar-refractivity contribution in [2.45, 2.75) is 12.8 Å². The normalized spacial score (nSPS) is 11.6. The van der Waals surface area contributed by atoms with Crippen LogP contribution in [-0.4, -0.2) is 70.5 Å². The predicted molar refractivity (Wildman–Crippen MR) is 71.9 cm³/mol. The molecule has 0 saturated carbocycles. The molecule has 0 aliphatic rings. The van der Waals surface area contributed by atoms with Gasteiger partial charge in [0.05, 0.1) is 26.2 Å². The number of nitriles is 1. The molecule has 0 rings (SSSR count). The number of esters is 1. The zero-order chi connectivity index (χ0) is 15.6. The van der Waals surface area contributed by atoms with Crippen LogP contribution in [0.15, 0.2) is 0 Å². The number of nitrogens with zero attached hydrogens (tertiary/aromatic N) is 3. The summed E-state index contributed by atoms with van der Waals surface area (Å²) in [5.41, 5.74) is 0. The van der Waals surface area contributed by atoms with Crippen LogP contribution in [0.3, 0.4) is 0 Å². The molecule has 0 unspecified atom stereocenters. The summed E-state index contributed by atoms with van der Waals surface area (Å²) in [6, 6.07) is 1.91. The highest BCUT2D eigenvalue weighted by molar-refractivity contribution is 7.86. The minimum atomic E-state index is -3.72. The summed E-state index contributed by atoms with van der Waals surface area (Å²) in [4.78, 5) is 11.0. The van der Waals surface area contributed by atoms with Crippen molar-refractivity contribution in [2.24, 2.45) is 0 Å². The molecule has 20 heavy (non-hydrogen) atoms. The van der Waals surface area contributed by atoms with Crippen molar-refractivity contribution in [3.8, 4) is 6.07 Å². The summed E-state index contributed by atoms with van der Waals surface area (Å²) in [7, 11) is 0.371. The van der Waals surface area contributed by atoms with Crippen molar-refractivity contribution >= 4 is 16.2 Å². The Balaban J connectivity index is 4.73. The highest BCUT2D eigenvalue weighted by atomic mass is 32.2. The average molecular weight is 307 g/mol. The molecule has 0 spiro atoms. The Bertz CT molecular complexity index is 432. The molecule has 0 aliphatic carbocycles. The van der Waals surface area contributed by atoms with Gasteiger partial charge in [0.2, 0.25) is 0 Å². The van der Waals surface area contributed by atoms with Crippen molar-refractivity contribution in [2.75, 3.05) is 47.5 Å². The standard InChI is InChI=1S/C11H21N3O5S/c1-13(8-5-11(15)19-3)20(16,17)14(7-4-6-12)9-10-18-2/h4-5,7-10H2,1-3H3. The van der Waals surface area contributed by atoms with E-state index < -0.39 is 16.2 Å². The van der Waals surface area contributed by atoms with Gasteiger partial charge in [0, 0.05) is 40.2 Å². The number of carbonyl (C=O) groups is 1. The molecule has 0 amide bonds. The Morgan fingerprint density at radius 2 is 1.90 bits per heavy atom. The first-order chi connectivity index (χ1) is 9.39. The molecule has 0 fully saturated rings. The highest BCUT2D eigenvalue weighted by Crippen LogP contribution is 2.08. The fraction of sp³-hybridized carbons (Fsp3) is 0.818. The minimum Gasteiger partial charge on any atom is -0.469 e. The molecule has 9 heteroatoms. The third-order valence-corrected chi connectivity index (χ3v) is 4.58. The number of rotatable bonds is 10. The summed E-state index contributed by atoms with van der Waals surface area (Å²) < 4.78 is 36.1. The molecule has 0 atom stereocenters. The average Bonchev–Trinajstić information content (AvgIpc) is 2.43. The van der Waals surface area contributed by atoms with E-state index in [2.05, 4.69) is 4.74 Å². The highest BCUT2D eigenvalue weighted by Gasteiger charge is 2.26. The third-order valence-electron chi connectivity index (χ3n) is 2.60. The van der Waals surface area contributed by atoms with Gasteiger partial charge in [0.15, 0.2) is 0 Å². The first-order valence-electron chi connectivity index (χ1n) is 6.04. The first kappa shape index (κ1) is 18.8. The second-order valence-corrected chi connectivity index (χ2v) is 5.99. The van der Waals surface area contributed by atoms with Crippen LogP contribution in [-0.2, 0) is 24.5 Å². The van der Waals surface area contributed by atoms with Crippen molar-refractivity contribution in [1.29, 1.82) is 5.26 Å². The number of methoxy groups -OCH3 is 2. The van der Waals surface area contributed by atoms with Crippen molar-refractivity contribution in [1.82, 2.24) is 8.61 Å². The molecule has 0 saturated heterocycles. The molecule has 0 aromatic carbocycles. The summed E-state index contributed by atoms with van der Waals surface area (Å²) in [5, 5.41) is 8.58. The van der Waals surface area contributed by atoms with Crippen LogP contribution in [0.4, 0.5) is 0 Å². The van der Waals surface area contributed by atoms with Crippen LogP contribution < -0.4 is 0 Å². The minimum absolute atomic E-state index is 0.0189. The quantitative estimate of drug-likeness (QED) is 0.509. The molecule has 0 bridgehead atoms. The van der Waals surface area contributed by atoms with Gasteiger partial charge in [-0.3, -0.25) is 4.79 Å². The fourth-order valence-corrected chi connectivity index (χ4v) is 2.72. The fourth-order valence-electron chi connectivity index (χ4n) is 1.37. The Kier molecular flexibility index (Phi) is 9.07. The van der Waals surface area contributed by atoms with E-state index in [9.17, 15) is 13.2 Å². The maximum atomic E-state index is 12.3. The molecule has 0 aliphatic heterocycles. The van der Waals surface area contributed by atoms with Crippen LogP contribution in [0.25, 0.3) is 0 Å². The van der Waals surface area contributed by atoms with E-state index >= 15 is 0 Å². The number of carbonyl (C=O) groups excluding carboxylic acids is 1. The molecule has 0 heterocycles. The van der Waals surface area contributed by atoms with Crippen molar-refractivity contribution < 1.29 is 22.7 Å². The number of hydrogen-bond donors (Lipinski definition) is 0. The van der Waals surface area contributed by atoms with Crippen LogP contribution in [0.1, 0.15) is 12.8 Å². The molecule has 0 aromatic rings. The van der Waals surface area contributed by atoms with E-state index in [1.807, 2.05) is 6.07 Å². The second kappa shape index (κ2) is 9.66. The molecular weight excluding hydrogens is 286 g/mol. The van der Waals surface area contributed by atoms with Gasteiger partial charge >= 0.3 is 5.97 Å². The van der Waals surface area contributed by atoms with Crippen molar-refractivity contribution in [3.05, 3.63) is 0 Å². The van der Waals surface area contributed by atoms with Gasteiger partial charge in [-0.05, 0) is 0 Å². The summed E-state index contributed by atoms with van der Waals surface area (Å²) >= 11 is 0. The molecule has 0 N–H and O–H groups in total. The summed E-state index contributed by atoms with van der Waals surface area (Å²) in [6.45, 7) is 0.494. The lowest BCUT2D eigenvalue weighted by Gasteiger charge is -2.26. The smallest absolute Gasteiger partial charge is 0.306 e. The van der Waals surface area contributed by atoms with Crippen LogP contribution >= 0.6 is 0 Å². The van der Waals surface area contributed by atoms with E-state index in [4.69, 9.17) is 10.00 Å². The first-order valence-corrected chi connectivity index (χ1v) is 7.44. The number of ether oxygens (including phenoxy) is 2. The summed E-state index contributed by atoms with van der Waals surface area (Å²) in [5.74, 6) is -0.479. The molecule has 0 radical (unpaired) electrons. The van der Waals surface area contributed by atoms with Crippen molar-refractivity contribution in [3.63, 3.8) is 0 Å². The second-order valence-electron chi connectivity index (χ2n) is 3.96. The van der Waals surface area contributed by atoms with Gasteiger partial charge < -0.3 is 9.47 Å². The molecule has 116 valence electrons. The Labute approximate surface area is 120 Å². The van der Waals surface area contributed by atoms with Crippen LogP contribution in [0.2, 0.25) is 0 Å². The molecule has 0 aromatic heterocycles. The maximum Gasteiger partial charge on any atom is 0.306 e. The lowest BCUT2D eigenvalue weighted by atomic mass is 10.4. The number of hydrogen-bond acceptors (Lipinski definition) is 6. The summed E-state index contributed by atoms with van der Waals surface area (Å²) in [6.07, 6.45) is 0.0659. The zero-order valence-corrected chi connectivity index (χ0v) is 12.9. The van der Waals surface area contributed by atoms with E-state index in [0.717, 1.165) is 8.61 Å². The van der Waals surface area contributed by atoms with E-state index in [-0.39, 0.29) is 39.1 Å². The lowest BCUT2D eigenvalue weighted by Crippen LogP contribution is -2.44. The van der Waals surface area contributed by atoms with Gasteiger partial charge in [0.1, 0.15) is 0 Å². The monoisotopic (exact) mass is 307 g/mol. The van der Waals surface area contributed by atoms with Gasteiger partial charge in [-0.2, -0.15) is 22.3 Å². The van der Waals surface area contributed by atoms with E-state index in [0.29, 0.717) is 0 Å². The van der Waals surface area contributed by atoms with Gasteiger partial charge in [0.25, 0.3) is 10.2 Å². The van der Waals surface area contributed by atoms with Gasteiger partial charge in [-0.1, -0.05) is 0 Å². The molecular formula is C11H21N3O5S. The molecule has 8 nitrogen and oxygen atoms in total. The Hall–Kier alpha value is -1.21. The van der Waals surface area contributed by atoms with E-state index in [1.165, 1.54) is 21.3 Å². The van der Waals surface area contributed by atoms with Crippen LogP contribution in [0, 0.1) is 11.3 Å². The van der Waals surface area contributed by atoms with E-state index in [1.54, 1.807) is 0 Å². The van der Waals surface area contributed by atoms with Gasteiger partial charge in [-0.15, -0.1) is 0 Å². The largest absolute Gasteiger partial charge is 0.469 e. The Morgan fingerprint density at radius 3 is 2.40 bits per heavy atom. The zero-order valence-electron chi connectivity index (χ0n) is 12.0. The predicted octanol–water partition coefficient (Wildman–Crippen LogP) is -0.412. The lowest BCUT2D eigenvalue weighted by molar-refractivity contribution is -0.140. The van der Waals surface area contributed by atoms with Gasteiger partial charge in [-0.25, -0.2) is 0 Å². The SMILES string of the molecule is COCCN(CCC#N)S(=O)(=O)N(C)CCC(=O)OC. The van der Waals surface area contributed by atoms with Crippen LogP contribution in [0.5, 0.6) is 0 Å². The maximum absolute atomic E-state index is 12.3. The topological polar surface area (TPSA) is 99.9 Å².